The molecule has 5 nitrogen and oxygen atoms in total. The van der Waals surface area contributed by atoms with Gasteiger partial charge in [0.15, 0.2) is 0 Å². The molecule has 0 bridgehead atoms. The zero-order valence-corrected chi connectivity index (χ0v) is 17.8. The fraction of sp³-hybridized carbons (Fsp3) is 0.240. The number of fused-ring (bicyclic) bond motifs is 3. The maximum absolute atomic E-state index is 12.2. The molecule has 3 aromatic rings. The minimum Gasteiger partial charge on any atom is -0.449 e. The summed E-state index contributed by atoms with van der Waals surface area (Å²) in [6.07, 6.45) is -2.45. The van der Waals surface area contributed by atoms with Crippen LogP contribution in [0, 0.1) is 0 Å². The Morgan fingerprint density at radius 2 is 1.52 bits per heavy atom. The van der Waals surface area contributed by atoms with Gasteiger partial charge in [-0.25, -0.2) is 4.79 Å². The summed E-state index contributed by atoms with van der Waals surface area (Å²) in [4.78, 5) is 12.8. The number of carbonyl (C=O) groups excluding carboxylic acids is 1. The number of ether oxygens (including phenoxy) is 1. The van der Waals surface area contributed by atoms with E-state index in [-0.39, 0.29) is 25.5 Å². The van der Waals surface area contributed by atoms with Crippen LogP contribution in [0.1, 0.15) is 35.1 Å². The van der Waals surface area contributed by atoms with Crippen LogP contribution >= 0.6 is 12.6 Å². The Bertz CT molecular complexity index is 1030. The maximum atomic E-state index is 12.2. The first kappa shape index (κ1) is 21.4. The minimum atomic E-state index is -1.07. The molecule has 2 atom stereocenters. The molecule has 0 heterocycles. The van der Waals surface area contributed by atoms with E-state index in [4.69, 9.17) is 4.74 Å². The molecule has 6 heteroatoms. The third-order valence-corrected chi connectivity index (χ3v) is 6.08. The second kappa shape index (κ2) is 9.56. The summed E-state index contributed by atoms with van der Waals surface area (Å²) in [5.41, 5.74) is 5.21. The van der Waals surface area contributed by atoms with Crippen LogP contribution < -0.4 is 5.32 Å². The molecule has 1 amide bonds. The third kappa shape index (κ3) is 4.61. The number of aliphatic hydroxyl groups is 2. The second-order valence-corrected chi connectivity index (χ2v) is 8.09. The number of hydrogen-bond donors (Lipinski definition) is 4. The first-order valence-corrected chi connectivity index (χ1v) is 10.7. The van der Waals surface area contributed by atoms with Gasteiger partial charge in [0.25, 0.3) is 0 Å². The molecule has 0 fully saturated rings. The van der Waals surface area contributed by atoms with Gasteiger partial charge in [0, 0.05) is 17.4 Å². The summed E-state index contributed by atoms with van der Waals surface area (Å²) in [5, 5.41) is 23.2. The summed E-state index contributed by atoms with van der Waals surface area (Å²) in [6, 6.07) is 23.4. The van der Waals surface area contributed by atoms with Crippen molar-refractivity contribution in [1.29, 1.82) is 0 Å². The van der Waals surface area contributed by atoms with Crippen LogP contribution in [0.2, 0.25) is 0 Å². The van der Waals surface area contributed by atoms with Gasteiger partial charge >= 0.3 is 6.09 Å². The molecule has 160 valence electrons. The van der Waals surface area contributed by atoms with Crippen LogP contribution in [0.3, 0.4) is 0 Å². The standard InChI is InChI=1S/C25H25NO4S/c27-22(24(28)20-11-5-6-12-23(20)31)13-14-26-25(29)30-15-21-18-9-3-1-7-16(18)17-8-2-4-10-19(17)21/h1-12,21-22,24,27-28,31H,13-15H2,(H,26,29). The Morgan fingerprint density at radius 1 is 0.935 bits per heavy atom. The number of nitrogens with one attached hydrogen (secondary N) is 1. The summed E-state index contributed by atoms with van der Waals surface area (Å²) in [5.74, 6) is -0.00236. The minimum absolute atomic E-state index is 0.00236. The van der Waals surface area contributed by atoms with Crippen LogP contribution in [0.4, 0.5) is 4.79 Å². The van der Waals surface area contributed by atoms with E-state index in [0.29, 0.717) is 10.5 Å². The molecule has 4 rings (SSSR count). The Morgan fingerprint density at radius 3 is 2.16 bits per heavy atom. The molecule has 1 aliphatic carbocycles. The van der Waals surface area contributed by atoms with Crippen LogP contribution in [-0.4, -0.2) is 35.6 Å². The van der Waals surface area contributed by atoms with Gasteiger partial charge in [-0.15, -0.1) is 12.6 Å². The SMILES string of the molecule is O=C(NCCC(O)C(O)c1ccccc1S)OCC1c2ccccc2-c2ccccc21. The van der Waals surface area contributed by atoms with Crippen LogP contribution in [0.5, 0.6) is 0 Å². The number of hydrogen-bond acceptors (Lipinski definition) is 5. The van der Waals surface area contributed by atoms with Crippen molar-refractivity contribution in [2.24, 2.45) is 0 Å². The number of rotatable bonds is 7. The van der Waals surface area contributed by atoms with Gasteiger partial charge in [-0.2, -0.15) is 0 Å². The highest BCUT2D eigenvalue weighted by atomic mass is 32.1. The van der Waals surface area contributed by atoms with E-state index in [0.717, 1.165) is 11.1 Å². The highest BCUT2D eigenvalue weighted by Gasteiger charge is 2.29. The molecule has 0 aromatic heterocycles. The van der Waals surface area contributed by atoms with E-state index in [1.807, 2.05) is 30.3 Å². The van der Waals surface area contributed by atoms with Gasteiger partial charge in [-0.1, -0.05) is 66.7 Å². The number of alkyl carbamates (subject to hydrolysis) is 1. The lowest BCUT2D eigenvalue weighted by atomic mass is 9.98. The Labute approximate surface area is 187 Å². The van der Waals surface area contributed by atoms with Crippen molar-refractivity contribution >= 4 is 18.7 Å². The predicted molar refractivity (Wildman–Crippen MR) is 122 cm³/mol. The van der Waals surface area contributed by atoms with Gasteiger partial charge < -0.3 is 20.3 Å². The molecular formula is C25H25NO4S. The number of thiol groups is 1. The predicted octanol–water partition coefficient (Wildman–Crippen LogP) is 4.30. The second-order valence-electron chi connectivity index (χ2n) is 7.61. The van der Waals surface area contributed by atoms with Crippen LogP contribution in [-0.2, 0) is 4.74 Å². The van der Waals surface area contributed by atoms with Gasteiger partial charge in [0.2, 0.25) is 0 Å². The van der Waals surface area contributed by atoms with E-state index in [1.54, 1.807) is 18.2 Å². The summed E-state index contributed by atoms with van der Waals surface area (Å²) in [7, 11) is 0. The molecular weight excluding hydrogens is 410 g/mol. The van der Waals surface area contributed by atoms with E-state index in [9.17, 15) is 15.0 Å². The molecule has 1 aliphatic rings. The number of amides is 1. The summed E-state index contributed by atoms with van der Waals surface area (Å²) in [6.45, 7) is 0.418. The molecule has 3 aromatic carbocycles. The average Bonchev–Trinajstić information content (AvgIpc) is 3.11. The van der Waals surface area contributed by atoms with Gasteiger partial charge in [-0.3, -0.25) is 0 Å². The van der Waals surface area contributed by atoms with Crippen molar-refractivity contribution in [2.45, 2.75) is 29.4 Å². The molecule has 31 heavy (non-hydrogen) atoms. The smallest absolute Gasteiger partial charge is 0.407 e. The van der Waals surface area contributed by atoms with E-state index < -0.39 is 18.3 Å². The number of aliphatic hydroxyl groups excluding tert-OH is 2. The first-order chi connectivity index (χ1) is 15.1. The fourth-order valence-electron chi connectivity index (χ4n) is 4.07. The van der Waals surface area contributed by atoms with Gasteiger partial charge in [0.05, 0.1) is 6.10 Å². The third-order valence-electron chi connectivity index (χ3n) is 5.67. The molecule has 3 N–H and O–H groups in total. The van der Waals surface area contributed by atoms with Crippen molar-refractivity contribution in [1.82, 2.24) is 5.32 Å². The van der Waals surface area contributed by atoms with Crippen molar-refractivity contribution in [2.75, 3.05) is 13.2 Å². The Balaban J connectivity index is 1.29. The lowest BCUT2D eigenvalue weighted by Gasteiger charge is -2.20. The maximum Gasteiger partial charge on any atom is 0.407 e. The monoisotopic (exact) mass is 435 g/mol. The largest absolute Gasteiger partial charge is 0.449 e. The lowest BCUT2D eigenvalue weighted by Crippen LogP contribution is -2.30. The summed E-state index contributed by atoms with van der Waals surface area (Å²) >= 11 is 4.31. The normalized spacial score (nSPS) is 14.4. The molecule has 0 saturated heterocycles. The van der Waals surface area contributed by atoms with Crippen LogP contribution in [0.25, 0.3) is 11.1 Å². The van der Waals surface area contributed by atoms with E-state index in [2.05, 4.69) is 42.2 Å². The number of benzene rings is 3. The molecule has 2 unspecified atom stereocenters. The lowest BCUT2D eigenvalue weighted by molar-refractivity contribution is 0.0122. The number of carbonyl (C=O) groups is 1. The average molecular weight is 436 g/mol. The van der Waals surface area contributed by atoms with Gasteiger partial charge in [0.1, 0.15) is 12.7 Å². The van der Waals surface area contributed by atoms with Crippen molar-refractivity contribution in [3.63, 3.8) is 0 Å². The summed E-state index contributed by atoms with van der Waals surface area (Å²) < 4.78 is 5.48. The quantitative estimate of drug-likeness (QED) is 0.417. The topological polar surface area (TPSA) is 78.8 Å². The Kier molecular flexibility index (Phi) is 6.61. The van der Waals surface area contributed by atoms with Crippen molar-refractivity contribution in [3.8, 4) is 11.1 Å². The van der Waals surface area contributed by atoms with E-state index in [1.165, 1.54) is 11.1 Å². The first-order valence-electron chi connectivity index (χ1n) is 10.3. The van der Waals surface area contributed by atoms with Crippen molar-refractivity contribution < 1.29 is 19.7 Å². The van der Waals surface area contributed by atoms with Crippen LogP contribution in [0.15, 0.2) is 77.7 Å². The fourth-order valence-corrected chi connectivity index (χ4v) is 4.37. The zero-order chi connectivity index (χ0) is 21.8. The molecule has 0 spiro atoms. The molecule has 0 aliphatic heterocycles. The zero-order valence-electron chi connectivity index (χ0n) is 16.9. The van der Waals surface area contributed by atoms with E-state index >= 15 is 0 Å². The molecule has 0 radical (unpaired) electrons. The highest BCUT2D eigenvalue weighted by molar-refractivity contribution is 7.80. The highest BCUT2D eigenvalue weighted by Crippen LogP contribution is 2.44. The Hall–Kier alpha value is -2.80. The molecule has 0 saturated carbocycles. The van der Waals surface area contributed by atoms with Crippen molar-refractivity contribution in [3.05, 3.63) is 89.5 Å². The van der Waals surface area contributed by atoms with Gasteiger partial charge in [-0.05, 0) is 40.3 Å².